The van der Waals surface area contributed by atoms with Gasteiger partial charge in [-0.3, -0.25) is 14.3 Å². The molecule has 2 fully saturated rings. The fraction of sp³-hybridized carbons (Fsp3) is 0.556. The van der Waals surface area contributed by atoms with E-state index in [4.69, 9.17) is 0 Å². The molecule has 9 nitrogen and oxygen atoms in total. The Bertz CT molecular complexity index is 891. The molecule has 1 N–H and O–H groups in total. The van der Waals surface area contributed by atoms with Gasteiger partial charge in [0.05, 0.1) is 23.6 Å². The van der Waals surface area contributed by atoms with E-state index in [1.807, 2.05) is 24.6 Å². The van der Waals surface area contributed by atoms with Crippen molar-refractivity contribution >= 4 is 11.6 Å². The van der Waals surface area contributed by atoms with Crippen molar-refractivity contribution in [1.29, 1.82) is 0 Å². The summed E-state index contributed by atoms with van der Waals surface area (Å²) in [5.74, 6) is -0.0858. The Kier molecular flexibility index (Phi) is 4.69. The summed E-state index contributed by atoms with van der Waals surface area (Å²) < 4.78 is 3.22. The van der Waals surface area contributed by atoms with Crippen molar-refractivity contribution in [3.05, 3.63) is 40.1 Å². The Balaban J connectivity index is 1.36. The lowest BCUT2D eigenvalue weighted by molar-refractivity contribution is -0.138. The molecule has 0 radical (unpaired) electrons. The van der Waals surface area contributed by atoms with Crippen LogP contribution in [0, 0.1) is 13.8 Å². The summed E-state index contributed by atoms with van der Waals surface area (Å²) in [5.41, 5.74) is 2.66. The van der Waals surface area contributed by atoms with E-state index in [2.05, 4.69) is 20.4 Å². The zero-order chi connectivity index (χ0) is 19.0. The maximum atomic E-state index is 12.5. The highest BCUT2D eigenvalue weighted by molar-refractivity contribution is 5.76. The van der Waals surface area contributed by atoms with E-state index in [0.717, 1.165) is 43.3 Å². The molecule has 0 bridgehead atoms. The molecule has 0 spiro atoms. The minimum Gasteiger partial charge on any atom is -0.368 e. The van der Waals surface area contributed by atoms with Crippen molar-refractivity contribution in [2.24, 2.45) is 0 Å². The van der Waals surface area contributed by atoms with E-state index >= 15 is 0 Å². The zero-order valence-electron chi connectivity index (χ0n) is 15.8. The number of nitrogens with zero attached hydrogens (tertiary/aromatic N) is 6. The monoisotopic (exact) mass is 371 g/mol. The molecule has 27 heavy (non-hydrogen) atoms. The number of likely N-dealkylation sites (tertiary alicyclic amines) is 1. The fourth-order valence-corrected chi connectivity index (χ4v) is 3.70. The summed E-state index contributed by atoms with van der Waals surface area (Å²) in [5, 5.41) is 12.0. The van der Waals surface area contributed by atoms with Crippen LogP contribution in [0.25, 0.3) is 0 Å². The quantitative estimate of drug-likeness (QED) is 0.783. The molecule has 4 heterocycles. The van der Waals surface area contributed by atoms with Gasteiger partial charge in [0.15, 0.2) is 0 Å². The first-order valence-corrected chi connectivity index (χ1v) is 9.34. The minimum absolute atomic E-state index is 0.0233. The highest BCUT2D eigenvalue weighted by atomic mass is 16.2. The lowest BCUT2D eigenvalue weighted by Gasteiger charge is -2.39. The molecular formula is C18H25N7O2. The van der Waals surface area contributed by atoms with Gasteiger partial charge in [-0.05, 0) is 19.9 Å². The van der Waals surface area contributed by atoms with Gasteiger partial charge < -0.3 is 15.1 Å². The summed E-state index contributed by atoms with van der Waals surface area (Å²) in [6.07, 6.45) is 1.68. The fourth-order valence-electron chi connectivity index (χ4n) is 3.70. The Morgan fingerprint density at radius 1 is 1.22 bits per heavy atom. The van der Waals surface area contributed by atoms with Gasteiger partial charge in [0.1, 0.15) is 6.54 Å². The third-order valence-electron chi connectivity index (χ3n) is 5.23. The van der Waals surface area contributed by atoms with Crippen LogP contribution in [0.2, 0.25) is 0 Å². The largest absolute Gasteiger partial charge is 0.368 e. The van der Waals surface area contributed by atoms with Crippen LogP contribution in [0.3, 0.4) is 0 Å². The summed E-state index contributed by atoms with van der Waals surface area (Å²) in [4.78, 5) is 28.7. The second-order valence-corrected chi connectivity index (χ2v) is 7.27. The number of amides is 1. The molecule has 2 aromatic rings. The molecular weight excluding hydrogens is 346 g/mol. The summed E-state index contributed by atoms with van der Waals surface area (Å²) in [6, 6.07) is 3.82. The highest BCUT2D eigenvalue weighted by Gasteiger charge is 2.33. The number of rotatable bonds is 4. The Morgan fingerprint density at radius 2 is 1.96 bits per heavy atom. The first-order valence-electron chi connectivity index (χ1n) is 9.34. The van der Waals surface area contributed by atoms with Crippen molar-refractivity contribution in [1.82, 2.24) is 29.8 Å². The van der Waals surface area contributed by atoms with Crippen molar-refractivity contribution in [3.63, 3.8) is 0 Å². The van der Waals surface area contributed by atoms with Gasteiger partial charge in [-0.25, -0.2) is 4.68 Å². The first kappa shape index (κ1) is 17.7. The number of aryl methyl sites for hydroxylation is 2. The van der Waals surface area contributed by atoms with Crippen LogP contribution in [0.15, 0.2) is 23.1 Å². The average molecular weight is 371 g/mol. The van der Waals surface area contributed by atoms with E-state index in [0.29, 0.717) is 13.1 Å². The van der Waals surface area contributed by atoms with Gasteiger partial charge >= 0.3 is 0 Å². The highest BCUT2D eigenvalue weighted by Crippen LogP contribution is 2.22. The zero-order valence-corrected chi connectivity index (χ0v) is 15.8. The van der Waals surface area contributed by atoms with E-state index in [1.54, 1.807) is 17.2 Å². The SMILES string of the molecule is Cc1cc(C)n(C2CN(C(=O)Cn3ncc(N4CCNCC4)cc3=O)C2)n1. The third-order valence-corrected chi connectivity index (χ3v) is 5.23. The van der Waals surface area contributed by atoms with Crippen LogP contribution in [0.1, 0.15) is 17.4 Å². The Labute approximate surface area is 157 Å². The van der Waals surface area contributed by atoms with Crippen molar-refractivity contribution in [2.45, 2.75) is 26.4 Å². The molecule has 0 unspecified atom stereocenters. The number of anilines is 1. The lowest BCUT2D eigenvalue weighted by Crippen LogP contribution is -2.52. The number of nitrogens with one attached hydrogen (secondary N) is 1. The van der Waals surface area contributed by atoms with Gasteiger partial charge in [0.2, 0.25) is 5.91 Å². The van der Waals surface area contributed by atoms with E-state index in [1.165, 1.54) is 4.68 Å². The molecule has 1 amide bonds. The standard InChI is InChI=1S/C18H25N7O2/c1-13-7-14(2)25(21-13)16-10-23(11-16)18(27)12-24-17(26)8-15(9-20-24)22-5-3-19-4-6-22/h7-9,16,19H,3-6,10-12H2,1-2H3. The molecule has 0 atom stereocenters. The van der Waals surface area contributed by atoms with E-state index < -0.39 is 0 Å². The van der Waals surface area contributed by atoms with Crippen LogP contribution in [-0.2, 0) is 11.3 Å². The molecule has 0 aromatic carbocycles. The van der Waals surface area contributed by atoms with Gasteiger partial charge in [0, 0.05) is 51.0 Å². The van der Waals surface area contributed by atoms with Crippen molar-refractivity contribution in [3.8, 4) is 0 Å². The number of aromatic nitrogens is 4. The van der Waals surface area contributed by atoms with Gasteiger partial charge in [-0.2, -0.15) is 10.2 Å². The topological polar surface area (TPSA) is 88.3 Å². The summed E-state index contributed by atoms with van der Waals surface area (Å²) in [7, 11) is 0. The predicted molar refractivity (Wildman–Crippen MR) is 101 cm³/mol. The lowest BCUT2D eigenvalue weighted by atomic mass is 10.1. The van der Waals surface area contributed by atoms with Crippen LogP contribution in [0.5, 0.6) is 0 Å². The number of carbonyl (C=O) groups excluding carboxylic acids is 1. The third kappa shape index (κ3) is 3.59. The first-order chi connectivity index (χ1) is 13.0. The Morgan fingerprint density at radius 3 is 2.59 bits per heavy atom. The second kappa shape index (κ2) is 7.15. The average Bonchev–Trinajstić information content (AvgIpc) is 2.94. The molecule has 2 aliphatic heterocycles. The van der Waals surface area contributed by atoms with E-state index in [-0.39, 0.29) is 24.1 Å². The second-order valence-electron chi connectivity index (χ2n) is 7.27. The smallest absolute Gasteiger partial charge is 0.269 e. The number of hydrogen-bond acceptors (Lipinski definition) is 6. The molecule has 144 valence electrons. The summed E-state index contributed by atoms with van der Waals surface area (Å²) in [6.45, 7) is 8.70. The normalized spacial score (nSPS) is 17.9. The molecule has 4 rings (SSSR count). The van der Waals surface area contributed by atoms with Crippen molar-refractivity contribution in [2.75, 3.05) is 44.2 Å². The molecule has 0 saturated carbocycles. The number of piperazine rings is 1. The van der Waals surface area contributed by atoms with E-state index in [9.17, 15) is 9.59 Å². The molecule has 9 heteroatoms. The summed E-state index contributed by atoms with van der Waals surface area (Å²) >= 11 is 0. The molecule has 2 saturated heterocycles. The molecule has 0 aliphatic carbocycles. The van der Waals surface area contributed by atoms with Crippen LogP contribution < -0.4 is 15.8 Å². The maximum Gasteiger partial charge on any atom is 0.269 e. The Hall–Kier alpha value is -2.68. The molecule has 2 aromatic heterocycles. The van der Waals surface area contributed by atoms with Crippen LogP contribution in [-0.4, -0.2) is 69.6 Å². The van der Waals surface area contributed by atoms with Crippen LogP contribution >= 0.6 is 0 Å². The minimum atomic E-state index is -0.241. The van der Waals surface area contributed by atoms with Gasteiger partial charge in [0.25, 0.3) is 5.56 Å². The molecule has 2 aliphatic rings. The predicted octanol–water partition coefficient (Wildman–Crippen LogP) is -0.450. The van der Waals surface area contributed by atoms with Crippen molar-refractivity contribution < 1.29 is 4.79 Å². The van der Waals surface area contributed by atoms with Crippen LogP contribution in [0.4, 0.5) is 5.69 Å². The maximum absolute atomic E-state index is 12.5. The number of hydrogen-bond donors (Lipinski definition) is 1. The van der Waals surface area contributed by atoms with Gasteiger partial charge in [-0.15, -0.1) is 0 Å². The number of carbonyl (C=O) groups is 1. The van der Waals surface area contributed by atoms with Gasteiger partial charge in [-0.1, -0.05) is 0 Å².